The Morgan fingerprint density at radius 3 is 2.67 bits per heavy atom. The number of aromatic nitrogens is 1. The van der Waals surface area contributed by atoms with Crippen molar-refractivity contribution in [2.75, 3.05) is 6.54 Å². The van der Waals surface area contributed by atoms with E-state index < -0.39 is 16.1 Å². The molecule has 0 bridgehead atoms. The normalized spacial score (nSPS) is 17.7. The predicted octanol–water partition coefficient (Wildman–Crippen LogP) is 3.75. The molecule has 1 saturated heterocycles. The summed E-state index contributed by atoms with van der Waals surface area (Å²) in [6.07, 6.45) is 3.74. The first-order chi connectivity index (χ1) is 14.4. The van der Waals surface area contributed by atoms with Crippen molar-refractivity contribution in [1.29, 1.82) is 0 Å². The maximum Gasteiger partial charge on any atom is 0.244 e. The number of halogens is 1. The van der Waals surface area contributed by atoms with Gasteiger partial charge in [-0.1, -0.05) is 29.8 Å². The Hall–Kier alpha value is -2.48. The number of carbonyl (C=O) groups is 1. The van der Waals surface area contributed by atoms with Gasteiger partial charge in [-0.25, -0.2) is 8.42 Å². The van der Waals surface area contributed by atoms with E-state index in [-0.39, 0.29) is 17.3 Å². The fourth-order valence-corrected chi connectivity index (χ4v) is 5.42. The number of hydrogen-bond acceptors (Lipinski definition) is 4. The number of nitrogens with zero attached hydrogens (tertiary/aromatic N) is 2. The number of carbonyl (C=O) groups excluding carboxylic acids is 1. The average Bonchev–Trinajstić information content (AvgIpc) is 2.96. The van der Waals surface area contributed by atoms with Crippen molar-refractivity contribution in [2.45, 2.75) is 36.7 Å². The van der Waals surface area contributed by atoms with Gasteiger partial charge in [-0.3, -0.25) is 9.78 Å². The molecular formula is C22H22ClN3O3S. The van der Waals surface area contributed by atoms with Gasteiger partial charge >= 0.3 is 0 Å². The van der Waals surface area contributed by atoms with Crippen molar-refractivity contribution in [1.82, 2.24) is 14.6 Å². The number of fused-ring (bicyclic) bond motifs is 1. The van der Waals surface area contributed by atoms with Gasteiger partial charge < -0.3 is 5.32 Å². The van der Waals surface area contributed by atoms with Crippen molar-refractivity contribution < 1.29 is 13.2 Å². The number of benzene rings is 2. The number of pyridine rings is 1. The van der Waals surface area contributed by atoms with Crippen LogP contribution in [0.2, 0.25) is 5.02 Å². The summed E-state index contributed by atoms with van der Waals surface area (Å²) in [6.45, 7) is 0.614. The number of sulfonamides is 1. The second-order valence-corrected chi connectivity index (χ2v) is 9.67. The number of nitrogens with one attached hydrogen (secondary N) is 1. The Balaban J connectivity index is 1.75. The molecule has 0 spiro atoms. The number of hydrogen-bond donors (Lipinski definition) is 1. The van der Waals surface area contributed by atoms with Crippen LogP contribution in [0.15, 0.2) is 65.7 Å². The SMILES string of the molecule is O=C1NCCCC[C@H]1N(Cc1cnc2ccccc2c1)S(=O)(=O)c1ccc(Cl)cc1. The van der Waals surface area contributed by atoms with Gasteiger partial charge in [0.2, 0.25) is 15.9 Å². The summed E-state index contributed by atoms with van der Waals surface area (Å²) in [6, 6.07) is 14.8. The monoisotopic (exact) mass is 443 g/mol. The molecule has 6 nitrogen and oxygen atoms in total. The Bertz CT molecular complexity index is 1170. The minimum absolute atomic E-state index is 0.0564. The average molecular weight is 444 g/mol. The Labute approximate surface area is 180 Å². The highest BCUT2D eigenvalue weighted by Crippen LogP contribution is 2.26. The lowest BCUT2D eigenvalue weighted by molar-refractivity contribution is -0.124. The van der Waals surface area contributed by atoms with Crippen molar-refractivity contribution in [3.63, 3.8) is 0 Å². The molecule has 0 saturated carbocycles. The molecule has 0 unspecified atom stereocenters. The largest absolute Gasteiger partial charge is 0.355 e. The highest BCUT2D eigenvalue weighted by molar-refractivity contribution is 7.89. The predicted molar refractivity (Wildman–Crippen MR) is 117 cm³/mol. The van der Waals surface area contributed by atoms with Crippen molar-refractivity contribution in [3.05, 3.63) is 71.4 Å². The van der Waals surface area contributed by atoms with E-state index in [9.17, 15) is 13.2 Å². The van der Waals surface area contributed by atoms with E-state index >= 15 is 0 Å². The molecule has 1 amide bonds. The lowest BCUT2D eigenvalue weighted by Crippen LogP contribution is -2.48. The lowest BCUT2D eigenvalue weighted by Gasteiger charge is -2.29. The summed E-state index contributed by atoms with van der Waals surface area (Å²) in [7, 11) is -3.93. The minimum atomic E-state index is -3.93. The Kier molecular flexibility index (Phi) is 6.04. The van der Waals surface area contributed by atoms with Crippen LogP contribution >= 0.6 is 11.6 Å². The zero-order chi connectivity index (χ0) is 21.1. The van der Waals surface area contributed by atoms with Crippen molar-refractivity contribution in [3.8, 4) is 0 Å². The van der Waals surface area contributed by atoms with Crippen LogP contribution in [0.25, 0.3) is 10.9 Å². The molecule has 8 heteroatoms. The number of para-hydroxylation sites is 1. The van der Waals surface area contributed by atoms with Crippen molar-refractivity contribution in [2.24, 2.45) is 0 Å². The highest BCUT2D eigenvalue weighted by Gasteiger charge is 2.36. The van der Waals surface area contributed by atoms with Crippen LogP contribution in [0.4, 0.5) is 0 Å². The van der Waals surface area contributed by atoms with Crippen LogP contribution in [-0.2, 0) is 21.4 Å². The molecule has 2 heterocycles. The van der Waals surface area contributed by atoms with Crippen LogP contribution < -0.4 is 5.32 Å². The highest BCUT2D eigenvalue weighted by atomic mass is 35.5. The van der Waals surface area contributed by atoms with Gasteiger partial charge in [0.1, 0.15) is 6.04 Å². The van der Waals surface area contributed by atoms with E-state index in [1.807, 2.05) is 30.3 Å². The molecule has 0 aliphatic carbocycles. The van der Waals surface area contributed by atoms with Gasteiger partial charge in [-0.05, 0) is 61.2 Å². The van der Waals surface area contributed by atoms with Crippen LogP contribution in [-0.4, -0.2) is 36.2 Å². The first kappa shape index (κ1) is 20.8. The first-order valence-electron chi connectivity index (χ1n) is 9.84. The van der Waals surface area contributed by atoms with E-state index in [1.54, 1.807) is 6.20 Å². The van der Waals surface area contributed by atoms with Crippen molar-refractivity contribution >= 4 is 38.4 Å². The van der Waals surface area contributed by atoms with Gasteiger partial charge in [-0.2, -0.15) is 4.31 Å². The first-order valence-corrected chi connectivity index (χ1v) is 11.7. The summed E-state index contributed by atoms with van der Waals surface area (Å²) in [5.74, 6) is -0.265. The molecule has 1 aliphatic rings. The van der Waals surface area contributed by atoms with E-state index in [0.29, 0.717) is 18.0 Å². The van der Waals surface area contributed by atoms with Gasteiger partial charge in [0, 0.05) is 29.7 Å². The molecule has 156 valence electrons. The molecule has 2 aromatic carbocycles. The summed E-state index contributed by atoms with van der Waals surface area (Å²) in [5.41, 5.74) is 1.56. The quantitative estimate of drug-likeness (QED) is 0.651. The van der Waals surface area contributed by atoms with Gasteiger partial charge in [0.25, 0.3) is 0 Å². The van der Waals surface area contributed by atoms with Gasteiger partial charge in [0.05, 0.1) is 10.4 Å². The third-order valence-corrected chi connectivity index (χ3v) is 7.38. The van der Waals surface area contributed by atoms with Crippen LogP contribution in [0.1, 0.15) is 24.8 Å². The number of rotatable bonds is 5. The maximum absolute atomic E-state index is 13.6. The maximum atomic E-state index is 13.6. The molecule has 1 aliphatic heterocycles. The van der Waals surface area contributed by atoms with E-state index in [0.717, 1.165) is 29.3 Å². The summed E-state index contributed by atoms with van der Waals surface area (Å²) in [5, 5.41) is 4.21. The summed E-state index contributed by atoms with van der Waals surface area (Å²) >= 11 is 5.94. The van der Waals surface area contributed by atoms with Crippen LogP contribution in [0, 0.1) is 0 Å². The van der Waals surface area contributed by atoms with Crippen LogP contribution in [0.5, 0.6) is 0 Å². The molecule has 0 radical (unpaired) electrons. The zero-order valence-electron chi connectivity index (χ0n) is 16.3. The standard InChI is InChI=1S/C22H22ClN3O3S/c23-18-8-10-19(11-9-18)30(28,29)26(21-7-3-4-12-24-22(21)27)15-16-13-17-5-1-2-6-20(17)25-14-16/h1-2,5-6,8-11,13-14,21H,3-4,7,12,15H2,(H,24,27)/t21-/m1/s1. The summed E-state index contributed by atoms with van der Waals surface area (Å²) < 4.78 is 28.4. The second-order valence-electron chi connectivity index (χ2n) is 7.34. The Morgan fingerprint density at radius 1 is 1.10 bits per heavy atom. The second kappa shape index (κ2) is 8.71. The smallest absolute Gasteiger partial charge is 0.244 e. The lowest BCUT2D eigenvalue weighted by atomic mass is 10.1. The van der Waals surface area contributed by atoms with E-state index in [1.165, 1.54) is 28.6 Å². The van der Waals surface area contributed by atoms with Gasteiger partial charge in [0.15, 0.2) is 0 Å². The molecule has 1 atom stereocenters. The molecule has 30 heavy (non-hydrogen) atoms. The number of amides is 1. The molecular weight excluding hydrogens is 422 g/mol. The third kappa shape index (κ3) is 4.33. The fraction of sp³-hybridized carbons (Fsp3) is 0.273. The molecule has 1 aromatic heterocycles. The zero-order valence-corrected chi connectivity index (χ0v) is 17.9. The summed E-state index contributed by atoms with van der Waals surface area (Å²) in [4.78, 5) is 17.3. The molecule has 4 rings (SSSR count). The molecule has 3 aromatic rings. The van der Waals surface area contributed by atoms with Gasteiger partial charge in [-0.15, -0.1) is 0 Å². The Morgan fingerprint density at radius 2 is 1.87 bits per heavy atom. The van der Waals surface area contributed by atoms with Crippen LogP contribution in [0.3, 0.4) is 0 Å². The van der Waals surface area contributed by atoms with E-state index in [4.69, 9.17) is 11.6 Å². The fourth-order valence-electron chi connectivity index (χ4n) is 3.69. The third-order valence-electron chi connectivity index (χ3n) is 5.26. The minimum Gasteiger partial charge on any atom is -0.355 e. The topological polar surface area (TPSA) is 79.4 Å². The molecule has 1 fully saturated rings. The van der Waals surface area contributed by atoms with E-state index in [2.05, 4.69) is 10.3 Å². The molecule has 1 N–H and O–H groups in total.